The van der Waals surface area contributed by atoms with Crippen LogP contribution in [-0.2, 0) is 0 Å². The van der Waals surface area contributed by atoms with Crippen LogP contribution < -0.4 is 0 Å². The maximum Gasteiger partial charge on any atom is -0.0288 e. The average molecular weight is 235 g/mol. The zero-order valence-corrected chi connectivity index (χ0v) is 12.8. The van der Waals surface area contributed by atoms with Gasteiger partial charge in [-0.3, -0.25) is 0 Å². The van der Waals surface area contributed by atoms with Gasteiger partial charge < -0.3 is 0 Å². The molecule has 0 spiro atoms. The summed E-state index contributed by atoms with van der Waals surface area (Å²) in [4.78, 5) is 0. The molecule has 0 heterocycles. The second-order valence-electron chi connectivity index (χ2n) is 5.96. The Morgan fingerprint density at radius 3 is 2.12 bits per heavy atom. The molecule has 17 heavy (non-hydrogen) atoms. The highest BCUT2D eigenvalue weighted by Crippen LogP contribution is 2.18. The van der Waals surface area contributed by atoms with Gasteiger partial charge in [-0.25, -0.2) is 0 Å². The van der Waals surface area contributed by atoms with Crippen LogP contribution in [0.4, 0.5) is 0 Å². The van der Waals surface area contributed by atoms with E-state index in [4.69, 9.17) is 0 Å². The fourth-order valence-corrected chi connectivity index (χ4v) is 2.10. The van der Waals surface area contributed by atoms with E-state index in [0.29, 0.717) is 0 Å². The van der Waals surface area contributed by atoms with Gasteiger partial charge in [0.15, 0.2) is 0 Å². The molecule has 0 saturated carbocycles. The first-order valence-corrected chi connectivity index (χ1v) is 6.99. The van der Waals surface area contributed by atoms with Crippen LogP contribution in [0.1, 0.15) is 73.6 Å². The van der Waals surface area contributed by atoms with Crippen molar-refractivity contribution >= 4 is 0 Å². The summed E-state index contributed by atoms with van der Waals surface area (Å²) in [5, 5.41) is 0. The number of allylic oxidation sites excluding steroid dienone is 4. The lowest BCUT2D eigenvalue weighted by molar-refractivity contribution is 0.507. The summed E-state index contributed by atoms with van der Waals surface area (Å²) in [6, 6.07) is 0. The van der Waals surface area contributed by atoms with E-state index in [-0.39, 0.29) is 0 Å². The molecule has 1 atom stereocenters. The Kier molecular flexibility index (Phi) is 9.21. The lowest BCUT2D eigenvalue weighted by Crippen LogP contribution is -1.98. The Balaban J connectivity index is 3.72. The van der Waals surface area contributed by atoms with E-state index in [1.165, 1.54) is 37.7 Å². The van der Waals surface area contributed by atoms with Crippen molar-refractivity contribution in [3.63, 3.8) is 0 Å². The summed E-state index contributed by atoms with van der Waals surface area (Å²) in [5.41, 5.74) is 2.98. The molecular weight excluding hydrogens is 204 g/mol. The minimum Gasteiger partial charge on any atom is -0.0856 e. The van der Waals surface area contributed by atoms with E-state index in [1.807, 2.05) is 0 Å². The molecule has 0 fully saturated rings. The molecule has 99 valence electrons. The van der Waals surface area contributed by atoms with Crippen LogP contribution in [0.25, 0.3) is 0 Å². The SMILES string of the molecule is C[C](C)CC(C)CCC=C(C)CCC=C(C)C. The van der Waals surface area contributed by atoms with Crippen LogP contribution in [0.5, 0.6) is 0 Å². The molecule has 0 aliphatic rings. The monoisotopic (exact) mass is 235 g/mol. The van der Waals surface area contributed by atoms with Crippen molar-refractivity contribution < 1.29 is 0 Å². The van der Waals surface area contributed by atoms with Crippen molar-refractivity contribution in [1.82, 2.24) is 0 Å². The molecule has 0 aromatic rings. The standard InChI is InChI=1S/C17H31/c1-14(2)9-7-10-16(5)11-8-12-17(6)13-15(3)4/h9,11,17H,7-8,10,12-13H2,1-6H3. The zero-order valence-electron chi connectivity index (χ0n) is 12.8. The van der Waals surface area contributed by atoms with E-state index >= 15 is 0 Å². The smallest absolute Gasteiger partial charge is 0.0288 e. The van der Waals surface area contributed by atoms with Crippen molar-refractivity contribution in [1.29, 1.82) is 0 Å². The van der Waals surface area contributed by atoms with E-state index in [2.05, 4.69) is 53.7 Å². The van der Waals surface area contributed by atoms with Gasteiger partial charge in [0.2, 0.25) is 0 Å². The third kappa shape index (κ3) is 11.7. The van der Waals surface area contributed by atoms with Crippen LogP contribution in [0.3, 0.4) is 0 Å². The summed E-state index contributed by atoms with van der Waals surface area (Å²) >= 11 is 0. The lowest BCUT2D eigenvalue weighted by atomic mass is 9.94. The third-order valence-corrected chi connectivity index (χ3v) is 3.00. The number of hydrogen-bond donors (Lipinski definition) is 0. The van der Waals surface area contributed by atoms with E-state index in [0.717, 1.165) is 5.92 Å². The molecule has 1 unspecified atom stereocenters. The Morgan fingerprint density at radius 1 is 0.941 bits per heavy atom. The molecule has 0 heteroatoms. The van der Waals surface area contributed by atoms with Crippen molar-refractivity contribution in [2.45, 2.75) is 73.6 Å². The van der Waals surface area contributed by atoms with Gasteiger partial charge >= 0.3 is 0 Å². The van der Waals surface area contributed by atoms with Crippen molar-refractivity contribution in [2.75, 3.05) is 0 Å². The Bertz CT molecular complexity index is 239. The minimum atomic E-state index is 0.835. The van der Waals surface area contributed by atoms with Gasteiger partial charge in [-0.2, -0.15) is 0 Å². The summed E-state index contributed by atoms with van der Waals surface area (Å²) in [7, 11) is 0. The molecule has 0 aliphatic carbocycles. The molecule has 1 radical (unpaired) electrons. The second-order valence-corrected chi connectivity index (χ2v) is 5.96. The molecule has 0 N–H and O–H groups in total. The van der Waals surface area contributed by atoms with Crippen LogP contribution >= 0.6 is 0 Å². The molecule has 0 aliphatic heterocycles. The van der Waals surface area contributed by atoms with Gasteiger partial charge in [-0.15, -0.1) is 0 Å². The first kappa shape index (κ1) is 16.5. The number of hydrogen-bond acceptors (Lipinski definition) is 0. The number of rotatable bonds is 8. The summed E-state index contributed by atoms with van der Waals surface area (Å²) in [6.07, 6.45) is 11.0. The Hall–Kier alpha value is -0.520. The van der Waals surface area contributed by atoms with Gasteiger partial charge in [-0.1, -0.05) is 44.1 Å². The third-order valence-electron chi connectivity index (χ3n) is 3.00. The minimum absolute atomic E-state index is 0.835. The van der Waals surface area contributed by atoms with Gasteiger partial charge in [-0.05, 0) is 64.7 Å². The molecular formula is C17H31. The van der Waals surface area contributed by atoms with Crippen LogP contribution in [0.2, 0.25) is 0 Å². The predicted molar refractivity (Wildman–Crippen MR) is 80.0 cm³/mol. The van der Waals surface area contributed by atoms with E-state index in [9.17, 15) is 0 Å². The molecule has 0 saturated heterocycles. The highest BCUT2D eigenvalue weighted by molar-refractivity contribution is 5.02. The topological polar surface area (TPSA) is 0 Å². The molecule has 0 aromatic carbocycles. The normalized spacial score (nSPS) is 13.9. The maximum atomic E-state index is 2.43. The highest BCUT2D eigenvalue weighted by Gasteiger charge is 2.03. The molecule has 0 aromatic heterocycles. The zero-order chi connectivity index (χ0) is 13.3. The average Bonchev–Trinajstić information content (AvgIpc) is 2.15. The summed E-state index contributed by atoms with van der Waals surface area (Å²) in [5.74, 6) is 2.39. The Labute approximate surface area is 109 Å². The van der Waals surface area contributed by atoms with Crippen molar-refractivity contribution in [3.8, 4) is 0 Å². The maximum absolute atomic E-state index is 2.43. The van der Waals surface area contributed by atoms with Crippen LogP contribution in [0, 0.1) is 11.8 Å². The largest absolute Gasteiger partial charge is 0.0856 e. The fourth-order valence-electron chi connectivity index (χ4n) is 2.10. The Morgan fingerprint density at radius 2 is 1.59 bits per heavy atom. The first-order chi connectivity index (χ1) is 7.91. The van der Waals surface area contributed by atoms with Crippen molar-refractivity contribution in [2.24, 2.45) is 5.92 Å². The molecule has 0 nitrogen and oxygen atoms in total. The van der Waals surface area contributed by atoms with Crippen LogP contribution in [-0.4, -0.2) is 0 Å². The molecule has 0 rings (SSSR count). The van der Waals surface area contributed by atoms with Crippen LogP contribution in [0.15, 0.2) is 23.3 Å². The quantitative estimate of drug-likeness (QED) is 0.446. The van der Waals surface area contributed by atoms with Gasteiger partial charge in [0.25, 0.3) is 0 Å². The summed E-state index contributed by atoms with van der Waals surface area (Å²) < 4.78 is 0. The predicted octanol–water partition coefficient (Wildman–Crippen LogP) is 6.10. The van der Waals surface area contributed by atoms with Gasteiger partial charge in [0.05, 0.1) is 0 Å². The summed E-state index contributed by atoms with van der Waals surface area (Å²) in [6.45, 7) is 13.4. The van der Waals surface area contributed by atoms with Crippen molar-refractivity contribution in [3.05, 3.63) is 29.2 Å². The molecule has 0 amide bonds. The lowest BCUT2D eigenvalue weighted by Gasteiger charge is -2.12. The second kappa shape index (κ2) is 9.50. The molecule has 0 bridgehead atoms. The van der Waals surface area contributed by atoms with E-state index < -0.39 is 0 Å². The fraction of sp³-hybridized carbons (Fsp3) is 0.706. The van der Waals surface area contributed by atoms with Gasteiger partial charge in [0.1, 0.15) is 0 Å². The first-order valence-electron chi connectivity index (χ1n) is 6.99. The highest BCUT2D eigenvalue weighted by atomic mass is 14.1. The van der Waals surface area contributed by atoms with E-state index in [1.54, 1.807) is 11.5 Å². The van der Waals surface area contributed by atoms with Gasteiger partial charge in [0, 0.05) is 0 Å².